The molecule has 1 aromatic carbocycles. The minimum Gasteiger partial charge on any atom is -0.313 e. The first-order chi connectivity index (χ1) is 8.28. The molecule has 2 aliphatic rings. The van der Waals surface area contributed by atoms with Gasteiger partial charge in [0.2, 0.25) is 0 Å². The molecule has 1 N–H and O–H groups in total. The Morgan fingerprint density at radius 3 is 2.65 bits per heavy atom. The maximum absolute atomic E-state index is 11.6. The van der Waals surface area contributed by atoms with Crippen LogP contribution >= 0.6 is 0 Å². The SMILES string of the molecule is O=C1CCN(Cc2ccccc2)C2(CNC2)C1. The fourth-order valence-electron chi connectivity index (χ4n) is 2.88. The summed E-state index contributed by atoms with van der Waals surface area (Å²) in [6, 6.07) is 10.5. The largest absolute Gasteiger partial charge is 0.313 e. The summed E-state index contributed by atoms with van der Waals surface area (Å²) < 4.78 is 0. The Labute approximate surface area is 102 Å². The summed E-state index contributed by atoms with van der Waals surface area (Å²) in [5, 5.41) is 3.31. The summed E-state index contributed by atoms with van der Waals surface area (Å²) in [5.74, 6) is 0.427. The van der Waals surface area contributed by atoms with E-state index in [0.717, 1.165) is 32.6 Å². The van der Waals surface area contributed by atoms with Gasteiger partial charge in [-0.3, -0.25) is 9.69 Å². The summed E-state index contributed by atoms with van der Waals surface area (Å²) in [6.45, 7) is 3.81. The number of benzene rings is 1. The highest BCUT2D eigenvalue weighted by atomic mass is 16.1. The molecule has 3 nitrogen and oxygen atoms in total. The van der Waals surface area contributed by atoms with Crippen LogP contribution in [-0.2, 0) is 11.3 Å². The first-order valence-corrected chi connectivity index (χ1v) is 6.30. The van der Waals surface area contributed by atoms with Crippen molar-refractivity contribution in [3.05, 3.63) is 35.9 Å². The third-order valence-corrected chi connectivity index (χ3v) is 3.98. The van der Waals surface area contributed by atoms with Gasteiger partial charge in [0, 0.05) is 39.0 Å². The van der Waals surface area contributed by atoms with Crippen molar-refractivity contribution < 1.29 is 4.79 Å². The highest BCUT2D eigenvalue weighted by Crippen LogP contribution is 2.31. The van der Waals surface area contributed by atoms with Gasteiger partial charge >= 0.3 is 0 Å². The van der Waals surface area contributed by atoms with E-state index in [2.05, 4.69) is 34.5 Å². The highest BCUT2D eigenvalue weighted by molar-refractivity contribution is 5.81. The van der Waals surface area contributed by atoms with Gasteiger partial charge in [0.15, 0.2) is 0 Å². The van der Waals surface area contributed by atoms with Crippen molar-refractivity contribution in [2.75, 3.05) is 19.6 Å². The molecule has 90 valence electrons. The molecule has 0 radical (unpaired) electrons. The third kappa shape index (κ3) is 2.01. The molecular formula is C14H18N2O. The molecule has 0 bridgehead atoms. The van der Waals surface area contributed by atoms with Crippen molar-refractivity contribution in [2.45, 2.75) is 24.9 Å². The van der Waals surface area contributed by atoms with Crippen molar-refractivity contribution in [1.29, 1.82) is 0 Å². The zero-order chi connectivity index (χ0) is 11.7. The number of piperidine rings is 1. The van der Waals surface area contributed by atoms with E-state index in [9.17, 15) is 4.79 Å². The Bertz CT molecular complexity index is 411. The van der Waals surface area contributed by atoms with E-state index in [0.29, 0.717) is 12.2 Å². The standard InChI is InChI=1S/C14H18N2O/c17-13-6-7-16(14(8-13)10-15-11-14)9-12-4-2-1-3-5-12/h1-5,15H,6-11H2. The van der Waals surface area contributed by atoms with Gasteiger partial charge in [-0.15, -0.1) is 0 Å². The molecule has 2 heterocycles. The Balaban J connectivity index is 1.75. The van der Waals surface area contributed by atoms with Crippen LogP contribution in [0.4, 0.5) is 0 Å². The van der Waals surface area contributed by atoms with Crippen LogP contribution in [-0.4, -0.2) is 35.9 Å². The van der Waals surface area contributed by atoms with Crippen LogP contribution in [0.3, 0.4) is 0 Å². The summed E-state index contributed by atoms with van der Waals surface area (Å²) in [5.41, 5.74) is 1.46. The van der Waals surface area contributed by atoms with Crippen LogP contribution in [0.5, 0.6) is 0 Å². The number of ketones is 1. The average Bonchev–Trinajstić information content (AvgIpc) is 2.31. The molecular weight excluding hydrogens is 212 g/mol. The minimum atomic E-state index is 0.116. The second-order valence-corrected chi connectivity index (χ2v) is 5.20. The van der Waals surface area contributed by atoms with E-state index < -0.39 is 0 Å². The van der Waals surface area contributed by atoms with Crippen LogP contribution in [0.2, 0.25) is 0 Å². The Hall–Kier alpha value is -1.19. The van der Waals surface area contributed by atoms with Crippen molar-refractivity contribution in [3.8, 4) is 0 Å². The summed E-state index contributed by atoms with van der Waals surface area (Å²) in [7, 11) is 0. The van der Waals surface area contributed by atoms with E-state index in [1.807, 2.05) is 6.07 Å². The lowest BCUT2D eigenvalue weighted by Crippen LogP contribution is -2.71. The highest BCUT2D eigenvalue weighted by Gasteiger charge is 2.46. The lowest BCUT2D eigenvalue weighted by Gasteiger charge is -2.53. The molecule has 2 fully saturated rings. The molecule has 1 spiro atoms. The van der Waals surface area contributed by atoms with Crippen LogP contribution in [0.15, 0.2) is 30.3 Å². The van der Waals surface area contributed by atoms with Gasteiger partial charge in [0.1, 0.15) is 5.78 Å². The van der Waals surface area contributed by atoms with E-state index in [4.69, 9.17) is 0 Å². The molecule has 2 saturated heterocycles. The van der Waals surface area contributed by atoms with Gasteiger partial charge in [-0.25, -0.2) is 0 Å². The fraction of sp³-hybridized carbons (Fsp3) is 0.500. The zero-order valence-electron chi connectivity index (χ0n) is 9.98. The molecule has 0 saturated carbocycles. The first kappa shape index (κ1) is 10.9. The summed E-state index contributed by atoms with van der Waals surface area (Å²) >= 11 is 0. The van der Waals surface area contributed by atoms with Crippen LogP contribution in [0.1, 0.15) is 18.4 Å². The van der Waals surface area contributed by atoms with Crippen LogP contribution in [0.25, 0.3) is 0 Å². The monoisotopic (exact) mass is 230 g/mol. The number of hydrogen-bond acceptors (Lipinski definition) is 3. The van der Waals surface area contributed by atoms with Gasteiger partial charge in [-0.1, -0.05) is 30.3 Å². The van der Waals surface area contributed by atoms with Gasteiger partial charge in [-0.2, -0.15) is 0 Å². The van der Waals surface area contributed by atoms with Gasteiger partial charge in [0.05, 0.1) is 5.54 Å². The average molecular weight is 230 g/mol. The molecule has 0 atom stereocenters. The van der Waals surface area contributed by atoms with Gasteiger partial charge in [-0.05, 0) is 5.56 Å². The van der Waals surface area contributed by atoms with E-state index in [1.54, 1.807) is 0 Å². The van der Waals surface area contributed by atoms with Crippen molar-refractivity contribution >= 4 is 5.78 Å². The zero-order valence-corrected chi connectivity index (χ0v) is 9.98. The van der Waals surface area contributed by atoms with E-state index in [-0.39, 0.29) is 5.54 Å². The van der Waals surface area contributed by atoms with E-state index >= 15 is 0 Å². The predicted octanol–water partition coefficient (Wildman–Crippen LogP) is 1.19. The third-order valence-electron chi connectivity index (χ3n) is 3.98. The molecule has 0 aromatic heterocycles. The first-order valence-electron chi connectivity index (χ1n) is 6.30. The normalized spacial score (nSPS) is 23.6. The molecule has 3 rings (SSSR count). The Morgan fingerprint density at radius 1 is 1.24 bits per heavy atom. The number of likely N-dealkylation sites (tertiary alicyclic amines) is 1. The van der Waals surface area contributed by atoms with Crippen molar-refractivity contribution in [2.24, 2.45) is 0 Å². The summed E-state index contributed by atoms with van der Waals surface area (Å²) in [4.78, 5) is 14.1. The predicted molar refractivity (Wildman–Crippen MR) is 66.7 cm³/mol. The maximum Gasteiger partial charge on any atom is 0.136 e. The molecule has 0 amide bonds. The Morgan fingerprint density at radius 2 is 2.00 bits per heavy atom. The number of rotatable bonds is 2. The topological polar surface area (TPSA) is 32.3 Å². The Kier molecular flexibility index (Phi) is 2.73. The van der Waals surface area contributed by atoms with Gasteiger partial charge in [0.25, 0.3) is 0 Å². The molecule has 3 heteroatoms. The second-order valence-electron chi connectivity index (χ2n) is 5.20. The number of hydrogen-bond donors (Lipinski definition) is 1. The van der Waals surface area contributed by atoms with Gasteiger partial charge < -0.3 is 5.32 Å². The number of nitrogens with one attached hydrogen (secondary N) is 1. The van der Waals surface area contributed by atoms with Crippen LogP contribution < -0.4 is 5.32 Å². The van der Waals surface area contributed by atoms with Crippen molar-refractivity contribution in [1.82, 2.24) is 10.2 Å². The smallest absolute Gasteiger partial charge is 0.136 e. The number of carbonyl (C=O) groups is 1. The fourth-order valence-corrected chi connectivity index (χ4v) is 2.88. The molecule has 17 heavy (non-hydrogen) atoms. The number of carbonyl (C=O) groups excluding carboxylic acids is 1. The minimum absolute atomic E-state index is 0.116. The quantitative estimate of drug-likeness (QED) is 0.828. The second kappa shape index (κ2) is 4.24. The summed E-state index contributed by atoms with van der Waals surface area (Å²) in [6.07, 6.45) is 1.45. The molecule has 0 unspecified atom stereocenters. The number of nitrogens with zero attached hydrogens (tertiary/aromatic N) is 1. The van der Waals surface area contributed by atoms with Crippen molar-refractivity contribution in [3.63, 3.8) is 0 Å². The lowest BCUT2D eigenvalue weighted by atomic mass is 9.80. The molecule has 1 aromatic rings. The maximum atomic E-state index is 11.6. The molecule has 0 aliphatic carbocycles. The van der Waals surface area contributed by atoms with Crippen LogP contribution in [0, 0.1) is 0 Å². The number of Topliss-reactive ketones (excluding diaryl/α,β-unsaturated/α-hetero) is 1. The lowest BCUT2D eigenvalue weighted by molar-refractivity contribution is -0.129. The van der Waals surface area contributed by atoms with E-state index in [1.165, 1.54) is 5.56 Å². The molecule has 2 aliphatic heterocycles.